The summed E-state index contributed by atoms with van der Waals surface area (Å²) < 4.78 is 45.5. The number of nitrogens with one attached hydrogen (secondary N) is 1. The van der Waals surface area contributed by atoms with Crippen molar-refractivity contribution < 1.29 is 27.1 Å². The summed E-state index contributed by atoms with van der Waals surface area (Å²) in [4.78, 5) is 16.4. The largest absolute Gasteiger partial charge is 0.465 e. The molecule has 4 rings (SSSR count). The third kappa shape index (κ3) is 5.69. The maximum atomic E-state index is 12.8. The van der Waals surface area contributed by atoms with E-state index in [0.717, 1.165) is 0 Å². The second-order valence-corrected chi connectivity index (χ2v) is 9.55. The fraction of sp³-hybridized carbons (Fsp3) is 0.208. The Labute approximate surface area is 202 Å². The zero-order valence-electron chi connectivity index (χ0n) is 19.3. The van der Waals surface area contributed by atoms with Gasteiger partial charge in [0.2, 0.25) is 15.8 Å². The summed E-state index contributed by atoms with van der Waals surface area (Å²) in [6.45, 7) is 3.75. The SMILES string of the molecule is COC(=O)c1ccccc1CS(=O)(=O)Nc1ccc(-n2nc(OC(C)C)nc2-c2ccco2)cc1. The lowest BCUT2D eigenvalue weighted by atomic mass is 10.1. The summed E-state index contributed by atoms with van der Waals surface area (Å²) in [5.41, 5.74) is 1.52. The number of anilines is 1. The fourth-order valence-electron chi connectivity index (χ4n) is 3.35. The van der Waals surface area contributed by atoms with Crippen molar-refractivity contribution in [2.24, 2.45) is 0 Å². The number of rotatable bonds is 9. The molecule has 11 heteroatoms. The number of sulfonamides is 1. The maximum absolute atomic E-state index is 12.8. The maximum Gasteiger partial charge on any atom is 0.338 e. The molecular formula is C24H24N4O6S. The van der Waals surface area contributed by atoms with E-state index < -0.39 is 16.0 Å². The zero-order chi connectivity index (χ0) is 25.0. The molecule has 2 heterocycles. The third-order valence-electron chi connectivity index (χ3n) is 4.82. The molecule has 0 bridgehead atoms. The number of hydrogen-bond acceptors (Lipinski definition) is 8. The summed E-state index contributed by atoms with van der Waals surface area (Å²) in [5, 5.41) is 4.41. The quantitative estimate of drug-likeness (QED) is 0.344. The number of carbonyl (C=O) groups is 1. The molecule has 4 aromatic rings. The van der Waals surface area contributed by atoms with Crippen molar-refractivity contribution in [3.8, 4) is 23.3 Å². The number of aromatic nitrogens is 3. The predicted octanol–water partition coefficient (Wildman–Crippen LogP) is 4.04. The monoisotopic (exact) mass is 496 g/mol. The Morgan fingerprint density at radius 1 is 1.09 bits per heavy atom. The highest BCUT2D eigenvalue weighted by Crippen LogP contribution is 2.25. The Kier molecular flexibility index (Phi) is 6.87. The van der Waals surface area contributed by atoms with E-state index in [2.05, 4.69) is 14.8 Å². The lowest BCUT2D eigenvalue weighted by Gasteiger charge is -2.11. The molecule has 0 spiro atoms. The second-order valence-electron chi connectivity index (χ2n) is 7.83. The van der Waals surface area contributed by atoms with Crippen molar-refractivity contribution in [2.45, 2.75) is 25.7 Å². The van der Waals surface area contributed by atoms with Gasteiger partial charge in [-0.05, 0) is 61.9 Å². The molecule has 0 unspecified atom stereocenters. The summed E-state index contributed by atoms with van der Waals surface area (Å²) in [6.07, 6.45) is 1.42. The van der Waals surface area contributed by atoms with Crippen LogP contribution in [0.3, 0.4) is 0 Å². The molecule has 2 aromatic carbocycles. The summed E-state index contributed by atoms with van der Waals surface area (Å²) in [5.74, 6) is -0.0357. The lowest BCUT2D eigenvalue weighted by molar-refractivity contribution is 0.0600. The van der Waals surface area contributed by atoms with E-state index in [0.29, 0.717) is 28.5 Å². The average Bonchev–Trinajstić information content (AvgIpc) is 3.48. The van der Waals surface area contributed by atoms with E-state index in [1.807, 2.05) is 13.8 Å². The minimum Gasteiger partial charge on any atom is -0.465 e. The van der Waals surface area contributed by atoms with E-state index >= 15 is 0 Å². The van der Waals surface area contributed by atoms with Gasteiger partial charge < -0.3 is 13.9 Å². The van der Waals surface area contributed by atoms with Crippen molar-refractivity contribution >= 4 is 21.7 Å². The lowest BCUT2D eigenvalue weighted by Crippen LogP contribution is -2.17. The first-order chi connectivity index (χ1) is 16.8. The van der Waals surface area contributed by atoms with Crippen LogP contribution in [-0.4, -0.2) is 42.4 Å². The highest BCUT2D eigenvalue weighted by atomic mass is 32.2. The molecule has 0 amide bonds. The molecule has 0 aliphatic carbocycles. The molecule has 0 radical (unpaired) electrons. The minimum atomic E-state index is -3.81. The number of ether oxygens (including phenoxy) is 2. The van der Waals surface area contributed by atoms with E-state index in [-0.39, 0.29) is 23.4 Å². The molecule has 10 nitrogen and oxygen atoms in total. The molecule has 0 aliphatic rings. The van der Waals surface area contributed by atoms with Crippen molar-refractivity contribution in [1.29, 1.82) is 0 Å². The van der Waals surface area contributed by atoms with Crippen LogP contribution in [0.25, 0.3) is 17.3 Å². The highest BCUT2D eigenvalue weighted by molar-refractivity contribution is 7.91. The molecule has 35 heavy (non-hydrogen) atoms. The van der Waals surface area contributed by atoms with E-state index in [4.69, 9.17) is 13.9 Å². The van der Waals surface area contributed by atoms with E-state index in [1.54, 1.807) is 59.3 Å². The normalized spacial score (nSPS) is 11.4. The van der Waals surface area contributed by atoms with Crippen molar-refractivity contribution in [1.82, 2.24) is 14.8 Å². The Hall–Kier alpha value is -4.12. The number of esters is 1. The van der Waals surface area contributed by atoms with Crippen LogP contribution in [0.2, 0.25) is 0 Å². The van der Waals surface area contributed by atoms with Gasteiger partial charge >= 0.3 is 12.0 Å². The number of methoxy groups -OCH3 is 1. The van der Waals surface area contributed by atoms with Crippen LogP contribution in [0.5, 0.6) is 6.01 Å². The Bertz CT molecular complexity index is 1410. The van der Waals surface area contributed by atoms with E-state index in [9.17, 15) is 13.2 Å². The zero-order valence-corrected chi connectivity index (χ0v) is 20.2. The standard InChI is InChI=1S/C24H24N4O6S/c1-16(2)34-24-25-22(21-9-6-14-33-21)28(26-24)19-12-10-18(11-13-19)27-35(30,31)15-17-7-4-5-8-20(17)23(29)32-3/h4-14,16,27H,15H2,1-3H3. The van der Waals surface area contributed by atoms with Crippen molar-refractivity contribution in [3.63, 3.8) is 0 Å². The topological polar surface area (TPSA) is 126 Å². The van der Waals surface area contributed by atoms with Gasteiger partial charge in [-0.25, -0.2) is 17.9 Å². The number of carbonyl (C=O) groups excluding carboxylic acids is 1. The van der Waals surface area contributed by atoms with Gasteiger partial charge in [-0.15, -0.1) is 5.10 Å². The van der Waals surface area contributed by atoms with Crippen LogP contribution in [0.4, 0.5) is 5.69 Å². The molecule has 182 valence electrons. The number of furan rings is 1. The number of nitrogens with zero attached hydrogens (tertiary/aromatic N) is 3. The van der Waals surface area contributed by atoms with Crippen LogP contribution in [0, 0.1) is 0 Å². The first-order valence-electron chi connectivity index (χ1n) is 10.7. The Morgan fingerprint density at radius 3 is 2.49 bits per heavy atom. The molecule has 0 aliphatic heterocycles. The molecule has 0 atom stereocenters. The molecular weight excluding hydrogens is 472 g/mol. The first kappa shape index (κ1) is 24.0. The average molecular weight is 497 g/mol. The van der Waals surface area contributed by atoms with Crippen molar-refractivity contribution in [2.75, 3.05) is 11.8 Å². The summed E-state index contributed by atoms with van der Waals surface area (Å²) in [6, 6.07) is 16.7. The van der Waals surface area contributed by atoms with Gasteiger partial charge in [-0.1, -0.05) is 18.2 Å². The van der Waals surface area contributed by atoms with Gasteiger partial charge in [0, 0.05) is 5.69 Å². The van der Waals surface area contributed by atoms with Gasteiger partial charge in [0.05, 0.1) is 36.5 Å². The third-order valence-corrected chi connectivity index (χ3v) is 6.06. The first-order valence-corrected chi connectivity index (χ1v) is 12.4. The van der Waals surface area contributed by atoms with Crippen LogP contribution in [0.1, 0.15) is 29.8 Å². The van der Waals surface area contributed by atoms with Crippen LogP contribution >= 0.6 is 0 Å². The van der Waals surface area contributed by atoms with Gasteiger partial charge in [0.15, 0.2) is 5.76 Å². The van der Waals surface area contributed by atoms with Gasteiger partial charge in [0.25, 0.3) is 0 Å². The number of hydrogen-bond donors (Lipinski definition) is 1. The van der Waals surface area contributed by atoms with Crippen LogP contribution in [-0.2, 0) is 20.5 Å². The summed E-state index contributed by atoms with van der Waals surface area (Å²) in [7, 11) is -2.56. The summed E-state index contributed by atoms with van der Waals surface area (Å²) >= 11 is 0. The second kappa shape index (κ2) is 10.0. The highest BCUT2D eigenvalue weighted by Gasteiger charge is 2.20. The van der Waals surface area contributed by atoms with Crippen LogP contribution in [0.15, 0.2) is 71.3 Å². The van der Waals surface area contributed by atoms with Gasteiger partial charge in [-0.3, -0.25) is 4.72 Å². The smallest absolute Gasteiger partial charge is 0.338 e. The van der Waals surface area contributed by atoms with Gasteiger partial charge in [-0.2, -0.15) is 4.98 Å². The minimum absolute atomic E-state index is 0.114. The number of benzene rings is 2. The van der Waals surface area contributed by atoms with E-state index in [1.165, 1.54) is 19.4 Å². The fourth-order valence-corrected chi connectivity index (χ4v) is 4.57. The Balaban J connectivity index is 1.56. The molecule has 0 fully saturated rings. The molecule has 2 aromatic heterocycles. The van der Waals surface area contributed by atoms with Crippen LogP contribution < -0.4 is 9.46 Å². The van der Waals surface area contributed by atoms with Crippen molar-refractivity contribution in [3.05, 3.63) is 78.1 Å². The molecule has 0 saturated carbocycles. The Morgan fingerprint density at radius 2 is 1.83 bits per heavy atom. The molecule has 0 saturated heterocycles. The predicted molar refractivity (Wildman–Crippen MR) is 129 cm³/mol. The van der Waals surface area contributed by atoms with Gasteiger partial charge in [0.1, 0.15) is 0 Å². The molecule has 1 N–H and O–H groups in total.